The zero-order chi connectivity index (χ0) is 25.1. The van der Waals surface area contributed by atoms with E-state index in [0.717, 1.165) is 33.5 Å². The van der Waals surface area contributed by atoms with E-state index in [1.807, 2.05) is 88.4 Å². The van der Waals surface area contributed by atoms with Gasteiger partial charge in [0, 0.05) is 59.5 Å². The zero-order valence-corrected chi connectivity index (χ0v) is 20.5. The van der Waals surface area contributed by atoms with Crippen LogP contribution in [-0.2, 0) is 26.8 Å². The van der Waals surface area contributed by atoms with E-state index < -0.39 is 31.7 Å². The SMILES string of the molecule is O=S(=O)([O-])CCCN1/C(=C/c2ccc3ccccc3[n+]2CCCS(=O)(=O)[O-])C=Cc2ccccc21. The molecule has 0 atom stereocenters. The first-order valence-corrected chi connectivity index (χ1v) is 14.3. The predicted octanol–water partition coefficient (Wildman–Crippen LogP) is 2.87. The molecule has 0 radical (unpaired) electrons. The summed E-state index contributed by atoms with van der Waals surface area (Å²) in [4.78, 5) is 1.97. The summed E-state index contributed by atoms with van der Waals surface area (Å²) in [5.74, 6) is -0.912. The van der Waals surface area contributed by atoms with Crippen molar-refractivity contribution in [2.75, 3.05) is 23.0 Å². The summed E-state index contributed by atoms with van der Waals surface area (Å²) in [6.45, 7) is 0.660. The Morgan fingerprint density at radius 2 is 1.49 bits per heavy atom. The topological polar surface area (TPSA) is 122 Å². The van der Waals surface area contributed by atoms with Gasteiger partial charge in [-0.25, -0.2) is 16.8 Å². The Balaban J connectivity index is 1.74. The molecule has 0 unspecified atom stereocenters. The number of fused-ring (bicyclic) bond motifs is 2. The molecule has 10 heteroatoms. The van der Waals surface area contributed by atoms with Gasteiger partial charge in [0.05, 0.1) is 20.2 Å². The van der Waals surface area contributed by atoms with E-state index in [0.29, 0.717) is 13.1 Å². The molecular formula is C25H25N2O6S2-. The first kappa shape index (κ1) is 25.1. The second-order valence-electron chi connectivity index (χ2n) is 8.31. The van der Waals surface area contributed by atoms with E-state index in [1.165, 1.54) is 0 Å². The third-order valence-electron chi connectivity index (χ3n) is 5.79. The van der Waals surface area contributed by atoms with Gasteiger partial charge in [-0.15, -0.1) is 0 Å². The molecule has 0 saturated heterocycles. The van der Waals surface area contributed by atoms with E-state index in [-0.39, 0.29) is 12.8 Å². The number of aromatic nitrogens is 1. The third-order valence-corrected chi connectivity index (χ3v) is 7.37. The first-order chi connectivity index (χ1) is 16.6. The maximum atomic E-state index is 11.2. The molecular weight excluding hydrogens is 488 g/mol. The minimum atomic E-state index is -4.32. The molecule has 2 aromatic carbocycles. The van der Waals surface area contributed by atoms with Crippen LogP contribution in [-0.4, -0.2) is 44.0 Å². The lowest BCUT2D eigenvalue weighted by Crippen LogP contribution is -2.39. The second-order valence-corrected chi connectivity index (χ2v) is 11.4. The molecule has 8 nitrogen and oxygen atoms in total. The van der Waals surface area contributed by atoms with Crippen molar-refractivity contribution in [1.82, 2.24) is 0 Å². The Morgan fingerprint density at radius 1 is 0.800 bits per heavy atom. The van der Waals surface area contributed by atoms with Crippen molar-refractivity contribution >= 4 is 49.0 Å². The molecule has 0 saturated carbocycles. The molecule has 0 fully saturated rings. The molecule has 3 aromatic rings. The molecule has 2 heterocycles. The number of benzene rings is 2. The highest BCUT2D eigenvalue weighted by Gasteiger charge is 2.20. The van der Waals surface area contributed by atoms with Crippen LogP contribution < -0.4 is 9.47 Å². The Morgan fingerprint density at radius 3 is 2.26 bits per heavy atom. The van der Waals surface area contributed by atoms with Crippen LogP contribution in [0.2, 0.25) is 0 Å². The van der Waals surface area contributed by atoms with Crippen LogP contribution in [0.15, 0.2) is 72.4 Å². The van der Waals surface area contributed by atoms with Crippen molar-refractivity contribution in [3.63, 3.8) is 0 Å². The van der Waals surface area contributed by atoms with E-state index in [9.17, 15) is 25.9 Å². The zero-order valence-electron chi connectivity index (χ0n) is 18.9. The maximum absolute atomic E-state index is 11.2. The average Bonchev–Trinajstić information content (AvgIpc) is 2.80. The minimum Gasteiger partial charge on any atom is -0.748 e. The molecule has 0 bridgehead atoms. The van der Waals surface area contributed by atoms with E-state index in [4.69, 9.17) is 0 Å². The molecule has 0 spiro atoms. The second kappa shape index (κ2) is 10.3. The quantitative estimate of drug-likeness (QED) is 0.319. The fourth-order valence-electron chi connectivity index (χ4n) is 4.26. The van der Waals surface area contributed by atoms with Gasteiger partial charge in [-0.3, -0.25) is 0 Å². The van der Waals surface area contributed by atoms with Crippen LogP contribution >= 0.6 is 0 Å². The Bertz CT molecular complexity index is 1510. The van der Waals surface area contributed by atoms with E-state index in [1.54, 1.807) is 0 Å². The van der Waals surface area contributed by atoms with Crippen LogP contribution in [0.4, 0.5) is 5.69 Å². The largest absolute Gasteiger partial charge is 0.748 e. The van der Waals surface area contributed by atoms with Gasteiger partial charge in [0.25, 0.3) is 0 Å². The Labute approximate surface area is 205 Å². The predicted molar refractivity (Wildman–Crippen MR) is 133 cm³/mol. The van der Waals surface area contributed by atoms with Crippen LogP contribution in [0.1, 0.15) is 24.1 Å². The number of anilines is 1. The molecule has 1 aliphatic heterocycles. The van der Waals surface area contributed by atoms with Crippen molar-refractivity contribution in [2.45, 2.75) is 19.4 Å². The number of allylic oxidation sites excluding steroid dienone is 1. The van der Waals surface area contributed by atoms with Gasteiger partial charge in [0.15, 0.2) is 6.54 Å². The summed E-state index contributed by atoms with van der Waals surface area (Å²) in [7, 11) is -8.65. The lowest BCUT2D eigenvalue weighted by Gasteiger charge is -2.30. The number of para-hydroxylation sites is 2. The monoisotopic (exact) mass is 513 g/mol. The normalized spacial score (nSPS) is 15.0. The lowest BCUT2D eigenvalue weighted by atomic mass is 10.0. The van der Waals surface area contributed by atoms with Gasteiger partial charge in [0.1, 0.15) is 0 Å². The van der Waals surface area contributed by atoms with Gasteiger partial charge in [-0.05, 0) is 36.3 Å². The van der Waals surface area contributed by atoms with Crippen molar-refractivity contribution in [3.8, 4) is 0 Å². The number of rotatable bonds is 9. The third kappa shape index (κ3) is 6.55. The molecule has 0 amide bonds. The van der Waals surface area contributed by atoms with E-state index in [2.05, 4.69) is 0 Å². The smallest absolute Gasteiger partial charge is 0.212 e. The van der Waals surface area contributed by atoms with Gasteiger partial charge < -0.3 is 14.0 Å². The maximum Gasteiger partial charge on any atom is 0.212 e. The number of aryl methyl sites for hydroxylation is 1. The molecule has 184 valence electrons. The fourth-order valence-corrected chi connectivity index (χ4v) is 5.22. The highest BCUT2D eigenvalue weighted by molar-refractivity contribution is 7.85. The molecule has 4 rings (SSSR count). The van der Waals surface area contributed by atoms with Crippen molar-refractivity contribution in [3.05, 3.63) is 83.7 Å². The van der Waals surface area contributed by atoms with Crippen molar-refractivity contribution in [1.29, 1.82) is 0 Å². The number of hydrogen-bond donors (Lipinski definition) is 0. The van der Waals surface area contributed by atoms with Crippen LogP contribution in [0, 0.1) is 0 Å². The van der Waals surface area contributed by atoms with Crippen LogP contribution in [0.25, 0.3) is 23.1 Å². The molecule has 35 heavy (non-hydrogen) atoms. The summed E-state index contributed by atoms with van der Waals surface area (Å²) in [6.07, 6.45) is 6.18. The summed E-state index contributed by atoms with van der Waals surface area (Å²) < 4.78 is 68.9. The van der Waals surface area contributed by atoms with E-state index >= 15 is 0 Å². The average molecular weight is 514 g/mol. The molecule has 0 aliphatic carbocycles. The minimum absolute atomic E-state index is 0.171. The van der Waals surface area contributed by atoms with Crippen molar-refractivity contribution < 1.29 is 30.5 Å². The van der Waals surface area contributed by atoms with Gasteiger partial charge in [-0.1, -0.05) is 36.4 Å². The number of pyridine rings is 1. The molecule has 0 N–H and O–H groups in total. The van der Waals surface area contributed by atoms with Gasteiger partial charge in [-0.2, -0.15) is 4.57 Å². The lowest BCUT2D eigenvalue weighted by molar-refractivity contribution is -0.673. The Hall–Kier alpha value is -3.05. The number of hydrogen-bond acceptors (Lipinski definition) is 7. The van der Waals surface area contributed by atoms with Crippen molar-refractivity contribution in [2.24, 2.45) is 0 Å². The fraction of sp³-hybridized carbons (Fsp3) is 0.240. The molecule has 1 aliphatic rings. The molecule has 1 aromatic heterocycles. The number of nitrogens with zero attached hydrogens (tertiary/aromatic N) is 2. The summed E-state index contributed by atoms with van der Waals surface area (Å²) in [5.41, 5.74) is 4.37. The van der Waals surface area contributed by atoms with Gasteiger partial charge >= 0.3 is 0 Å². The van der Waals surface area contributed by atoms with Crippen LogP contribution in [0.3, 0.4) is 0 Å². The highest BCUT2D eigenvalue weighted by atomic mass is 32.2. The first-order valence-electron chi connectivity index (χ1n) is 11.2. The van der Waals surface area contributed by atoms with Crippen LogP contribution in [0.5, 0.6) is 0 Å². The standard InChI is InChI=1S/C25H26N2O6S2/c28-34(29,30)17-5-15-26-22(13-11-20-7-1-3-9-24(20)26)19-23-14-12-21-8-2-4-10-25(21)27(23)16-6-18-35(31,32)33/h1-4,7-14,19H,5-6,15-18H2,(H-,28,29,30,31,32,33)/p-1. The summed E-state index contributed by atoms with van der Waals surface area (Å²) in [6, 6.07) is 19.3. The highest BCUT2D eigenvalue weighted by Crippen LogP contribution is 2.31. The Kier molecular flexibility index (Phi) is 7.36. The van der Waals surface area contributed by atoms with Gasteiger partial charge in [0.2, 0.25) is 11.2 Å². The summed E-state index contributed by atoms with van der Waals surface area (Å²) in [5, 5.41) is 0.974. The summed E-state index contributed by atoms with van der Waals surface area (Å²) >= 11 is 0.